The van der Waals surface area contributed by atoms with Crippen molar-refractivity contribution in [3.05, 3.63) is 65.2 Å². The van der Waals surface area contributed by atoms with Gasteiger partial charge in [0.25, 0.3) is 5.91 Å². The molecule has 1 fully saturated rings. The summed E-state index contributed by atoms with van der Waals surface area (Å²) in [5, 5.41) is 6.25. The average Bonchev–Trinajstić information content (AvgIpc) is 2.63. The summed E-state index contributed by atoms with van der Waals surface area (Å²) in [6.45, 7) is 4.57. The van der Waals surface area contributed by atoms with Crippen molar-refractivity contribution in [2.45, 2.75) is 19.4 Å². The van der Waals surface area contributed by atoms with Gasteiger partial charge >= 0.3 is 0 Å². The number of carbonyl (C=O) groups is 1. The van der Waals surface area contributed by atoms with Gasteiger partial charge in [-0.1, -0.05) is 31.2 Å². The van der Waals surface area contributed by atoms with Crippen LogP contribution in [0.2, 0.25) is 0 Å². The van der Waals surface area contributed by atoms with Crippen LogP contribution in [0, 0.1) is 0 Å². The molecule has 4 nitrogen and oxygen atoms in total. The van der Waals surface area contributed by atoms with Gasteiger partial charge < -0.3 is 15.4 Å². The number of nitrogens with one attached hydrogen (secondary N) is 2. The fourth-order valence-electron chi connectivity index (χ4n) is 2.66. The van der Waals surface area contributed by atoms with E-state index in [1.807, 2.05) is 48.5 Å². The Labute approximate surface area is 136 Å². The molecule has 0 bridgehead atoms. The van der Waals surface area contributed by atoms with Crippen LogP contribution in [0.5, 0.6) is 0 Å². The van der Waals surface area contributed by atoms with E-state index in [-0.39, 0.29) is 12.0 Å². The number of morpholine rings is 1. The van der Waals surface area contributed by atoms with Crippen LogP contribution in [0.1, 0.15) is 34.5 Å². The highest BCUT2D eigenvalue weighted by atomic mass is 16.5. The third-order valence-electron chi connectivity index (χ3n) is 4.09. The number of hydrogen-bond donors (Lipinski definition) is 2. The zero-order chi connectivity index (χ0) is 16.1. The molecule has 2 aromatic carbocycles. The molecule has 0 saturated carbocycles. The van der Waals surface area contributed by atoms with Crippen molar-refractivity contribution in [3.8, 4) is 0 Å². The second-order valence-electron chi connectivity index (χ2n) is 5.69. The molecule has 1 heterocycles. The lowest BCUT2D eigenvalue weighted by atomic mass is 10.1. The molecule has 1 saturated heterocycles. The number of carbonyl (C=O) groups excluding carboxylic acids is 1. The van der Waals surface area contributed by atoms with Crippen molar-refractivity contribution in [2.75, 3.05) is 25.0 Å². The van der Waals surface area contributed by atoms with Crippen LogP contribution >= 0.6 is 0 Å². The second kappa shape index (κ2) is 7.40. The summed E-state index contributed by atoms with van der Waals surface area (Å²) in [5.41, 5.74) is 3.82. The fraction of sp³-hybridized carbons (Fsp3) is 0.316. The zero-order valence-electron chi connectivity index (χ0n) is 13.3. The normalized spacial score (nSPS) is 17.7. The molecule has 1 atom stereocenters. The van der Waals surface area contributed by atoms with Crippen molar-refractivity contribution in [3.63, 3.8) is 0 Å². The molecular weight excluding hydrogens is 288 g/mol. The Hall–Kier alpha value is -2.17. The number of benzene rings is 2. The van der Waals surface area contributed by atoms with Gasteiger partial charge in [-0.25, -0.2) is 0 Å². The number of hydrogen-bond acceptors (Lipinski definition) is 3. The molecule has 120 valence electrons. The molecule has 1 amide bonds. The van der Waals surface area contributed by atoms with Crippen molar-refractivity contribution in [1.29, 1.82) is 0 Å². The van der Waals surface area contributed by atoms with Crippen molar-refractivity contribution in [2.24, 2.45) is 0 Å². The van der Waals surface area contributed by atoms with E-state index in [1.165, 1.54) is 5.56 Å². The highest BCUT2D eigenvalue weighted by molar-refractivity contribution is 6.04. The molecule has 0 radical (unpaired) electrons. The van der Waals surface area contributed by atoms with E-state index in [2.05, 4.69) is 17.6 Å². The minimum Gasteiger partial charge on any atom is -0.371 e. The van der Waals surface area contributed by atoms with Gasteiger partial charge in [-0.05, 0) is 41.8 Å². The Balaban J connectivity index is 1.63. The Morgan fingerprint density at radius 3 is 2.52 bits per heavy atom. The highest BCUT2D eigenvalue weighted by Gasteiger charge is 2.15. The van der Waals surface area contributed by atoms with Crippen LogP contribution in [-0.4, -0.2) is 25.6 Å². The standard InChI is InChI=1S/C19H22N2O2/c1-2-14-3-5-16(6-4-14)19(22)21-17-9-7-15(8-10-17)18-13-20-11-12-23-18/h3-10,18,20H,2,11-13H2,1H3,(H,21,22)/t18-/m1/s1. The van der Waals surface area contributed by atoms with E-state index in [0.29, 0.717) is 5.56 Å². The van der Waals surface area contributed by atoms with E-state index in [9.17, 15) is 4.79 Å². The molecule has 0 unspecified atom stereocenters. The molecule has 0 aromatic heterocycles. The summed E-state index contributed by atoms with van der Waals surface area (Å²) in [7, 11) is 0. The molecule has 1 aliphatic heterocycles. The fourth-order valence-corrected chi connectivity index (χ4v) is 2.66. The first-order valence-electron chi connectivity index (χ1n) is 8.09. The van der Waals surface area contributed by atoms with Crippen LogP contribution in [0.3, 0.4) is 0 Å². The van der Waals surface area contributed by atoms with E-state index in [0.717, 1.165) is 37.4 Å². The quantitative estimate of drug-likeness (QED) is 0.912. The maximum absolute atomic E-state index is 12.3. The van der Waals surface area contributed by atoms with E-state index >= 15 is 0 Å². The molecule has 4 heteroatoms. The Morgan fingerprint density at radius 1 is 1.17 bits per heavy atom. The summed E-state index contributed by atoms with van der Waals surface area (Å²) in [6, 6.07) is 15.6. The lowest BCUT2D eigenvalue weighted by Crippen LogP contribution is -2.33. The Kier molecular flexibility index (Phi) is 5.05. The molecule has 23 heavy (non-hydrogen) atoms. The van der Waals surface area contributed by atoms with Gasteiger partial charge in [0.1, 0.15) is 0 Å². The first kappa shape index (κ1) is 15.7. The Bertz CT molecular complexity index is 644. The van der Waals surface area contributed by atoms with Gasteiger partial charge in [-0.3, -0.25) is 4.79 Å². The van der Waals surface area contributed by atoms with Crippen molar-refractivity contribution >= 4 is 11.6 Å². The number of aryl methyl sites for hydroxylation is 1. The van der Waals surface area contributed by atoms with Gasteiger partial charge in [0.2, 0.25) is 0 Å². The summed E-state index contributed by atoms with van der Waals surface area (Å²) >= 11 is 0. The molecule has 0 spiro atoms. The molecule has 1 aliphatic rings. The summed E-state index contributed by atoms with van der Waals surface area (Å²) in [5.74, 6) is -0.0870. The van der Waals surface area contributed by atoms with Gasteiger partial charge in [-0.15, -0.1) is 0 Å². The second-order valence-corrected chi connectivity index (χ2v) is 5.69. The van der Waals surface area contributed by atoms with Gasteiger partial charge in [-0.2, -0.15) is 0 Å². The topological polar surface area (TPSA) is 50.4 Å². The van der Waals surface area contributed by atoms with E-state index < -0.39 is 0 Å². The largest absolute Gasteiger partial charge is 0.371 e. The summed E-state index contributed by atoms with van der Waals surface area (Å²) < 4.78 is 5.73. The van der Waals surface area contributed by atoms with Crippen LogP contribution in [0.25, 0.3) is 0 Å². The zero-order valence-corrected chi connectivity index (χ0v) is 13.3. The molecule has 0 aliphatic carbocycles. The van der Waals surface area contributed by atoms with Gasteiger partial charge in [0, 0.05) is 24.3 Å². The number of amides is 1. The maximum Gasteiger partial charge on any atom is 0.255 e. The third kappa shape index (κ3) is 3.97. The predicted octanol–water partition coefficient (Wildman–Crippen LogP) is 3.16. The predicted molar refractivity (Wildman–Crippen MR) is 91.8 cm³/mol. The summed E-state index contributed by atoms with van der Waals surface area (Å²) in [6.07, 6.45) is 1.07. The first-order valence-corrected chi connectivity index (χ1v) is 8.09. The first-order chi connectivity index (χ1) is 11.3. The van der Waals surface area contributed by atoms with Gasteiger partial charge in [0.15, 0.2) is 0 Å². The molecule has 3 rings (SSSR count). The van der Waals surface area contributed by atoms with Crippen LogP contribution in [0.4, 0.5) is 5.69 Å². The molecule has 2 N–H and O–H groups in total. The number of rotatable bonds is 4. The van der Waals surface area contributed by atoms with Gasteiger partial charge in [0.05, 0.1) is 12.7 Å². The number of anilines is 1. The monoisotopic (exact) mass is 310 g/mol. The van der Waals surface area contributed by atoms with E-state index in [1.54, 1.807) is 0 Å². The molecular formula is C19H22N2O2. The van der Waals surface area contributed by atoms with E-state index in [4.69, 9.17) is 4.74 Å². The lowest BCUT2D eigenvalue weighted by molar-refractivity contribution is 0.0277. The Morgan fingerprint density at radius 2 is 1.91 bits per heavy atom. The van der Waals surface area contributed by atoms with Crippen molar-refractivity contribution in [1.82, 2.24) is 5.32 Å². The van der Waals surface area contributed by atoms with Crippen molar-refractivity contribution < 1.29 is 9.53 Å². The maximum atomic E-state index is 12.3. The summed E-state index contributed by atoms with van der Waals surface area (Å²) in [4.78, 5) is 12.3. The SMILES string of the molecule is CCc1ccc(C(=O)Nc2ccc([C@H]3CNCCO3)cc2)cc1. The highest BCUT2D eigenvalue weighted by Crippen LogP contribution is 2.21. The number of ether oxygens (including phenoxy) is 1. The van der Waals surface area contributed by atoms with Crippen LogP contribution in [0.15, 0.2) is 48.5 Å². The average molecular weight is 310 g/mol. The van der Waals surface area contributed by atoms with Crippen LogP contribution < -0.4 is 10.6 Å². The minimum atomic E-state index is -0.0870. The minimum absolute atomic E-state index is 0.0870. The third-order valence-corrected chi connectivity index (χ3v) is 4.09. The lowest BCUT2D eigenvalue weighted by Gasteiger charge is -2.24. The smallest absolute Gasteiger partial charge is 0.255 e. The van der Waals surface area contributed by atoms with Crippen LogP contribution in [-0.2, 0) is 11.2 Å². The molecule has 2 aromatic rings.